The minimum atomic E-state index is -0.399. The van der Waals surface area contributed by atoms with Crippen molar-refractivity contribution in [1.82, 2.24) is 5.32 Å². The van der Waals surface area contributed by atoms with Gasteiger partial charge in [-0.1, -0.05) is 26.0 Å². The van der Waals surface area contributed by atoms with Crippen LogP contribution < -0.4 is 20.4 Å². The number of carbonyl (C=O) groups excluding carboxylic acids is 3. The molecule has 2 N–H and O–H groups in total. The van der Waals surface area contributed by atoms with Crippen molar-refractivity contribution in [2.45, 2.75) is 26.2 Å². The molecule has 30 heavy (non-hydrogen) atoms. The van der Waals surface area contributed by atoms with E-state index in [0.717, 1.165) is 11.4 Å². The molecular formula is C23H26N4O3. The van der Waals surface area contributed by atoms with Gasteiger partial charge >= 0.3 is 6.03 Å². The van der Waals surface area contributed by atoms with Gasteiger partial charge < -0.3 is 15.5 Å². The number of rotatable bonds is 5. The van der Waals surface area contributed by atoms with Crippen molar-refractivity contribution in [1.29, 1.82) is 0 Å². The number of hydrogen-bond donors (Lipinski definition) is 2. The van der Waals surface area contributed by atoms with Gasteiger partial charge in [-0.05, 0) is 47.9 Å². The minimum Gasteiger partial charge on any atom is -0.336 e. The first-order chi connectivity index (χ1) is 14.4. The van der Waals surface area contributed by atoms with Crippen LogP contribution in [0.1, 0.15) is 31.7 Å². The van der Waals surface area contributed by atoms with Gasteiger partial charge in [-0.3, -0.25) is 14.5 Å². The van der Waals surface area contributed by atoms with Crippen molar-refractivity contribution >= 4 is 34.9 Å². The van der Waals surface area contributed by atoms with Crippen LogP contribution in [0.4, 0.5) is 21.9 Å². The van der Waals surface area contributed by atoms with E-state index in [4.69, 9.17) is 0 Å². The van der Waals surface area contributed by atoms with Gasteiger partial charge in [0, 0.05) is 43.1 Å². The molecule has 0 saturated carbocycles. The van der Waals surface area contributed by atoms with Gasteiger partial charge in [0.2, 0.25) is 11.8 Å². The molecule has 2 heterocycles. The maximum atomic E-state index is 12.7. The lowest BCUT2D eigenvalue weighted by Gasteiger charge is -2.18. The molecular weight excluding hydrogens is 380 g/mol. The van der Waals surface area contributed by atoms with Crippen molar-refractivity contribution in [2.75, 3.05) is 34.8 Å². The second kappa shape index (κ2) is 8.18. The Hall–Kier alpha value is -3.35. The predicted molar refractivity (Wildman–Crippen MR) is 117 cm³/mol. The summed E-state index contributed by atoms with van der Waals surface area (Å²) in [6.45, 7) is 5.86. The Morgan fingerprint density at radius 2 is 1.83 bits per heavy atom. The molecule has 0 radical (unpaired) electrons. The summed E-state index contributed by atoms with van der Waals surface area (Å²) in [6, 6.07) is 15.0. The van der Waals surface area contributed by atoms with Gasteiger partial charge in [0.1, 0.15) is 0 Å². The third kappa shape index (κ3) is 4.01. The van der Waals surface area contributed by atoms with Crippen LogP contribution in [0, 0.1) is 5.92 Å². The van der Waals surface area contributed by atoms with Gasteiger partial charge in [0.05, 0.1) is 5.92 Å². The summed E-state index contributed by atoms with van der Waals surface area (Å²) < 4.78 is 0. The van der Waals surface area contributed by atoms with Gasteiger partial charge in [-0.25, -0.2) is 4.79 Å². The Morgan fingerprint density at radius 1 is 1.07 bits per heavy atom. The van der Waals surface area contributed by atoms with Gasteiger partial charge in [0.15, 0.2) is 0 Å². The number of anilines is 3. The van der Waals surface area contributed by atoms with E-state index >= 15 is 0 Å². The number of nitrogens with zero attached hydrogens (tertiary/aromatic N) is 2. The van der Waals surface area contributed by atoms with Crippen LogP contribution >= 0.6 is 0 Å². The molecule has 2 aliphatic heterocycles. The predicted octanol–water partition coefficient (Wildman–Crippen LogP) is 3.33. The lowest BCUT2D eigenvalue weighted by molar-refractivity contribution is -0.122. The first kappa shape index (κ1) is 19.9. The Labute approximate surface area is 176 Å². The quantitative estimate of drug-likeness (QED) is 0.799. The lowest BCUT2D eigenvalue weighted by atomic mass is 10.0. The second-order valence-electron chi connectivity index (χ2n) is 8.07. The van der Waals surface area contributed by atoms with Gasteiger partial charge in [-0.15, -0.1) is 0 Å². The molecule has 2 aromatic carbocycles. The largest absolute Gasteiger partial charge is 0.336 e. The Bertz CT molecular complexity index is 971. The molecule has 0 aromatic heterocycles. The van der Waals surface area contributed by atoms with Gasteiger partial charge in [0.25, 0.3) is 0 Å². The summed E-state index contributed by atoms with van der Waals surface area (Å²) in [5.74, 6) is -0.232. The monoisotopic (exact) mass is 406 g/mol. The van der Waals surface area contributed by atoms with Crippen molar-refractivity contribution < 1.29 is 14.4 Å². The van der Waals surface area contributed by atoms with Crippen molar-refractivity contribution in [3.8, 4) is 0 Å². The number of amides is 4. The molecule has 2 aliphatic rings. The zero-order valence-corrected chi connectivity index (χ0v) is 17.2. The molecule has 2 aromatic rings. The third-order valence-electron chi connectivity index (χ3n) is 5.65. The van der Waals surface area contributed by atoms with Crippen molar-refractivity contribution in [3.05, 3.63) is 54.1 Å². The number of carbonyl (C=O) groups is 3. The van der Waals surface area contributed by atoms with Crippen LogP contribution in [0.25, 0.3) is 0 Å². The Morgan fingerprint density at radius 3 is 2.50 bits per heavy atom. The number of nitrogens with one attached hydrogen (secondary N) is 2. The lowest BCUT2D eigenvalue weighted by Crippen LogP contribution is -2.28. The van der Waals surface area contributed by atoms with Crippen molar-refractivity contribution in [3.63, 3.8) is 0 Å². The summed E-state index contributed by atoms with van der Waals surface area (Å²) in [5.41, 5.74) is 3.45. The van der Waals surface area contributed by atoms with Crippen LogP contribution in [0.3, 0.4) is 0 Å². The van der Waals surface area contributed by atoms with E-state index in [0.29, 0.717) is 31.2 Å². The van der Waals surface area contributed by atoms with E-state index in [1.807, 2.05) is 36.4 Å². The summed E-state index contributed by atoms with van der Waals surface area (Å²) >= 11 is 0. The highest BCUT2D eigenvalue weighted by molar-refractivity contribution is 6.03. The average molecular weight is 406 g/mol. The molecule has 156 valence electrons. The standard InChI is InChI=1S/C23H26N4O3/c1-15(2)16-4-3-5-20(12-16)27-14-17(13-21(27)28)22(29)25-18-6-8-19(9-7-18)26-11-10-24-23(26)30/h3-9,12,15,17H,10-11,13-14H2,1-2H3,(H,24,30)(H,25,29). The van der Waals surface area contributed by atoms with E-state index < -0.39 is 5.92 Å². The fourth-order valence-electron chi connectivity index (χ4n) is 3.87. The van der Waals surface area contributed by atoms with E-state index in [1.54, 1.807) is 21.9 Å². The van der Waals surface area contributed by atoms with Gasteiger partial charge in [-0.2, -0.15) is 0 Å². The third-order valence-corrected chi connectivity index (χ3v) is 5.65. The fraction of sp³-hybridized carbons (Fsp3) is 0.348. The molecule has 2 saturated heterocycles. The first-order valence-corrected chi connectivity index (χ1v) is 10.3. The summed E-state index contributed by atoms with van der Waals surface area (Å²) in [5, 5.41) is 5.66. The molecule has 2 fully saturated rings. The van der Waals surface area contributed by atoms with Crippen molar-refractivity contribution in [2.24, 2.45) is 5.92 Å². The summed E-state index contributed by atoms with van der Waals surface area (Å²) in [6.07, 6.45) is 0.198. The highest BCUT2D eigenvalue weighted by Gasteiger charge is 2.35. The van der Waals surface area contributed by atoms with Crippen LogP contribution in [0.15, 0.2) is 48.5 Å². The first-order valence-electron chi connectivity index (χ1n) is 10.3. The molecule has 7 heteroatoms. The summed E-state index contributed by atoms with van der Waals surface area (Å²) in [4.78, 5) is 40.4. The van der Waals surface area contributed by atoms with E-state index in [1.165, 1.54) is 5.56 Å². The highest BCUT2D eigenvalue weighted by atomic mass is 16.2. The summed E-state index contributed by atoms with van der Waals surface area (Å²) in [7, 11) is 0. The van der Waals surface area contributed by atoms with E-state index in [9.17, 15) is 14.4 Å². The Kier molecular flexibility index (Phi) is 5.44. The second-order valence-corrected chi connectivity index (χ2v) is 8.07. The van der Waals surface area contributed by atoms with E-state index in [2.05, 4.69) is 24.5 Å². The molecule has 0 bridgehead atoms. The SMILES string of the molecule is CC(C)c1cccc(N2CC(C(=O)Nc3ccc(N4CCNC4=O)cc3)CC2=O)c1. The molecule has 0 spiro atoms. The van der Waals surface area contributed by atoms with Crippen LogP contribution in [-0.2, 0) is 9.59 Å². The minimum absolute atomic E-state index is 0.0357. The van der Waals surface area contributed by atoms with Crippen LogP contribution in [-0.4, -0.2) is 37.5 Å². The van der Waals surface area contributed by atoms with Crippen LogP contribution in [0.5, 0.6) is 0 Å². The normalized spacial score (nSPS) is 18.8. The Balaban J connectivity index is 1.40. The topological polar surface area (TPSA) is 81.8 Å². The average Bonchev–Trinajstić information content (AvgIpc) is 3.34. The molecule has 4 amide bonds. The zero-order chi connectivity index (χ0) is 21.3. The number of benzene rings is 2. The molecule has 7 nitrogen and oxygen atoms in total. The fourth-order valence-corrected chi connectivity index (χ4v) is 3.87. The zero-order valence-electron chi connectivity index (χ0n) is 17.2. The highest BCUT2D eigenvalue weighted by Crippen LogP contribution is 2.29. The van der Waals surface area contributed by atoms with Crippen LogP contribution in [0.2, 0.25) is 0 Å². The maximum absolute atomic E-state index is 12.7. The molecule has 1 unspecified atom stereocenters. The number of urea groups is 1. The molecule has 1 atom stereocenters. The number of hydrogen-bond acceptors (Lipinski definition) is 3. The molecule has 4 rings (SSSR count). The molecule has 0 aliphatic carbocycles. The maximum Gasteiger partial charge on any atom is 0.321 e. The smallest absolute Gasteiger partial charge is 0.321 e. The van der Waals surface area contributed by atoms with E-state index in [-0.39, 0.29) is 24.3 Å².